The van der Waals surface area contributed by atoms with E-state index in [1.165, 1.54) is 4.88 Å². The Hall–Kier alpha value is -2.81. The van der Waals surface area contributed by atoms with Gasteiger partial charge in [0.2, 0.25) is 11.7 Å². The van der Waals surface area contributed by atoms with Crippen LogP contribution in [0.3, 0.4) is 0 Å². The summed E-state index contributed by atoms with van der Waals surface area (Å²) in [5.41, 5.74) is 0.611. The average molecular weight is 378 g/mol. The van der Waals surface area contributed by atoms with Gasteiger partial charge in [-0.05, 0) is 29.5 Å². The molecular weight excluding hydrogens is 363 g/mol. The first-order chi connectivity index (χ1) is 12.4. The minimum absolute atomic E-state index is 0.0680. The zero-order valence-corrected chi connectivity index (χ0v) is 14.5. The van der Waals surface area contributed by atoms with Crippen LogP contribution in [0.5, 0.6) is 5.75 Å². The lowest BCUT2D eigenvalue weighted by molar-refractivity contribution is -0.385. The predicted octanol–water partition coefficient (Wildman–Crippen LogP) is 3.07. The number of ether oxygens (including phenoxy) is 1. The van der Waals surface area contributed by atoms with Crippen molar-refractivity contribution < 1.29 is 23.6 Å². The second kappa shape index (κ2) is 7.61. The lowest BCUT2D eigenvalue weighted by Gasteiger charge is -2.26. The Morgan fingerprint density at radius 3 is 2.88 bits per heavy atom. The number of benzene rings is 1. The Morgan fingerprint density at radius 2 is 2.12 bits per heavy atom. The highest BCUT2D eigenvalue weighted by molar-refractivity contribution is 7.10. The van der Waals surface area contributed by atoms with Crippen molar-refractivity contribution in [2.75, 3.05) is 6.54 Å². The minimum Gasteiger partial charge on any atom is -0.419 e. The summed E-state index contributed by atoms with van der Waals surface area (Å²) in [6, 6.07) is 4.60. The van der Waals surface area contributed by atoms with Crippen LogP contribution in [0.25, 0.3) is 0 Å². The van der Waals surface area contributed by atoms with Crippen LogP contribution >= 0.6 is 11.3 Å². The van der Waals surface area contributed by atoms with Crippen molar-refractivity contribution in [3.63, 3.8) is 0 Å². The number of thiophene rings is 1. The number of esters is 1. The van der Waals surface area contributed by atoms with Crippen molar-refractivity contribution in [2.24, 2.45) is 0 Å². The number of fused-ring (bicyclic) bond motifs is 1. The summed E-state index contributed by atoms with van der Waals surface area (Å²) >= 11 is 1.67. The number of nitro groups is 1. The summed E-state index contributed by atoms with van der Waals surface area (Å²) in [7, 11) is 0. The molecule has 0 aliphatic carbocycles. The molecule has 1 aliphatic rings. The molecule has 1 aliphatic heterocycles. The number of halogens is 1. The summed E-state index contributed by atoms with van der Waals surface area (Å²) in [5.74, 6) is -2.23. The van der Waals surface area contributed by atoms with Gasteiger partial charge in [0.1, 0.15) is 5.82 Å². The third-order valence-corrected chi connectivity index (χ3v) is 5.07. The first kappa shape index (κ1) is 18.0. The van der Waals surface area contributed by atoms with Gasteiger partial charge in [-0.25, -0.2) is 4.39 Å². The highest BCUT2D eigenvalue weighted by atomic mass is 32.1. The maximum atomic E-state index is 13.2. The summed E-state index contributed by atoms with van der Waals surface area (Å²) in [6.45, 7) is 1.11. The maximum absolute atomic E-state index is 13.2. The molecule has 9 heteroatoms. The number of carbonyl (C=O) groups excluding carboxylic acids is 2. The number of amides is 1. The summed E-state index contributed by atoms with van der Waals surface area (Å²) < 4.78 is 18.1. The van der Waals surface area contributed by atoms with Gasteiger partial charge >= 0.3 is 11.7 Å². The quantitative estimate of drug-likeness (QED) is 0.345. The Morgan fingerprint density at radius 1 is 1.31 bits per heavy atom. The summed E-state index contributed by atoms with van der Waals surface area (Å²) in [5, 5.41) is 12.9. The van der Waals surface area contributed by atoms with Gasteiger partial charge in [-0.3, -0.25) is 19.7 Å². The second-order valence-electron chi connectivity index (χ2n) is 5.78. The van der Waals surface area contributed by atoms with Gasteiger partial charge in [0.15, 0.2) is 0 Å². The third-order valence-electron chi connectivity index (χ3n) is 4.05. The molecule has 0 spiro atoms. The molecule has 1 aromatic carbocycles. The number of hydrogen-bond donors (Lipinski definition) is 0. The molecule has 1 aromatic heterocycles. The second-order valence-corrected chi connectivity index (χ2v) is 6.78. The molecule has 0 unspecified atom stereocenters. The molecule has 0 bridgehead atoms. The number of nitrogens with zero attached hydrogens (tertiary/aromatic N) is 2. The van der Waals surface area contributed by atoms with E-state index in [1.807, 2.05) is 11.4 Å². The molecule has 7 nitrogen and oxygen atoms in total. The molecule has 2 heterocycles. The van der Waals surface area contributed by atoms with E-state index in [0.717, 1.165) is 30.2 Å². The van der Waals surface area contributed by atoms with Gasteiger partial charge in [-0.2, -0.15) is 0 Å². The molecular formula is C17H15FN2O5S. The highest BCUT2D eigenvalue weighted by Gasteiger charge is 2.23. The zero-order valence-electron chi connectivity index (χ0n) is 13.6. The van der Waals surface area contributed by atoms with E-state index in [0.29, 0.717) is 13.1 Å². The number of rotatable bonds is 5. The standard InChI is InChI=1S/C17H15FN2O5S/c18-12-1-2-13(20(23)24)14(9-12)25-17(22)4-3-16(21)19-7-5-15-11(10-19)6-8-26-15/h1-2,6,8-9H,3-5,7,10H2. The molecule has 3 rings (SSSR count). The Bertz CT molecular complexity index is 867. The molecule has 26 heavy (non-hydrogen) atoms. The van der Waals surface area contributed by atoms with Crippen LogP contribution in [0.4, 0.5) is 10.1 Å². The molecule has 0 N–H and O–H groups in total. The predicted molar refractivity (Wildman–Crippen MR) is 91.4 cm³/mol. The van der Waals surface area contributed by atoms with Crippen LogP contribution in [-0.2, 0) is 22.6 Å². The Labute approximate surface area is 152 Å². The van der Waals surface area contributed by atoms with Crippen LogP contribution in [-0.4, -0.2) is 28.2 Å². The average Bonchev–Trinajstić information content (AvgIpc) is 3.07. The van der Waals surface area contributed by atoms with E-state index >= 15 is 0 Å². The normalized spacial score (nSPS) is 13.2. The fourth-order valence-corrected chi connectivity index (χ4v) is 3.61. The van der Waals surface area contributed by atoms with E-state index in [4.69, 9.17) is 4.74 Å². The van der Waals surface area contributed by atoms with E-state index in [9.17, 15) is 24.1 Å². The fourth-order valence-electron chi connectivity index (χ4n) is 2.72. The third kappa shape index (κ3) is 4.05. The van der Waals surface area contributed by atoms with Crippen LogP contribution in [0, 0.1) is 15.9 Å². The van der Waals surface area contributed by atoms with Crippen molar-refractivity contribution in [1.82, 2.24) is 4.90 Å². The first-order valence-electron chi connectivity index (χ1n) is 7.91. The van der Waals surface area contributed by atoms with E-state index in [1.54, 1.807) is 16.2 Å². The molecule has 0 atom stereocenters. The van der Waals surface area contributed by atoms with Crippen LogP contribution < -0.4 is 4.74 Å². The van der Waals surface area contributed by atoms with E-state index < -0.39 is 28.1 Å². The molecule has 0 saturated carbocycles. The maximum Gasteiger partial charge on any atom is 0.311 e. The van der Waals surface area contributed by atoms with Gasteiger partial charge < -0.3 is 9.64 Å². The van der Waals surface area contributed by atoms with Gasteiger partial charge in [0, 0.05) is 36.5 Å². The van der Waals surface area contributed by atoms with E-state index in [-0.39, 0.29) is 18.7 Å². The SMILES string of the molecule is O=C(CCC(=O)N1CCc2sccc2C1)Oc1cc(F)ccc1[N+](=O)[O-]. The van der Waals surface area contributed by atoms with Gasteiger partial charge in [-0.15, -0.1) is 11.3 Å². The Kier molecular flexibility index (Phi) is 5.27. The number of nitro benzene ring substituents is 1. The van der Waals surface area contributed by atoms with Gasteiger partial charge in [0.05, 0.1) is 11.3 Å². The largest absolute Gasteiger partial charge is 0.419 e. The van der Waals surface area contributed by atoms with Crippen molar-refractivity contribution >= 4 is 28.9 Å². The zero-order chi connectivity index (χ0) is 18.7. The summed E-state index contributed by atoms with van der Waals surface area (Å²) in [6.07, 6.45) is 0.486. The monoisotopic (exact) mass is 378 g/mol. The molecule has 0 radical (unpaired) electrons. The Balaban J connectivity index is 1.56. The molecule has 2 aromatic rings. The van der Waals surface area contributed by atoms with Gasteiger partial charge in [-0.1, -0.05) is 0 Å². The lowest BCUT2D eigenvalue weighted by atomic mass is 10.1. The van der Waals surface area contributed by atoms with Crippen LogP contribution in [0.15, 0.2) is 29.6 Å². The van der Waals surface area contributed by atoms with Crippen molar-refractivity contribution in [1.29, 1.82) is 0 Å². The first-order valence-corrected chi connectivity index (χ1v) is 8.79. The van der Waals surface area contributed by atoms with Crippen LogP contribution in [0.1, 0.15) is 23.3 Å². The lowest BCUT2D eigenvalue weighted by Crippen LogP contribution is -2.35. The van der Waals surface area contributed by atoms with Crippen molar-refractivity contribution in [2.45, 2.75) is 25.8 Å². The molecule has 136 valence electrons. The molecule has 0 saturated heterocycles. The molecule has 1 amide bonds. The highest BCUT2D eigenvalue weighted by Crippen LogP contribution is 2.28. The van der Waals surface area contributed by atoms with Crippen molar-refractivity contribution in [3.8, 4) is 5.75 Å². The fraction of sp³-hybridized carbons (Fsp3) is 0.294. The minimum atomic E-state index is -0.819. The molecule has 0 fully saturated rings. The summed E-state index contributed by atoms with van der Waals surface area (Å²) in [4.78, 5) is 37.3. The number of hydrogen-bond acceptors (Lipinski definition) is 6. The smallest absolute Gasteiger partial charge is 0.311 e. The topological polar surface area (TPSA) is 89.8 Å². The van der Waals surface area contributed by atoms with Crippen LogP contribution in [0.2, 0.25) is 0 Å². The van der Waals surface area contributed by atoms with Gasteiger partial charge in [0.25, 0.3) is 0 Å². The van der Waals surface area contributed by atoms with Crippen molar-refractivity contribution in [3.05, 3.63) is 56.0 Å². The number of carbonyl (C=O) groups is 2. The van der Waals surface area contributed by atoms with E-state index in [2.05, 4.69) is 0 Å².